The minimum absolute atomic E-state index is 0.249. The van der Waals surface area contributed by atoms with Gasteiger partial charge in [0.2, 0.25) is 0 Å². The largest absolute Gasteiger partial charge is 0.495 e. The lowest BCUT2D eigenvalue weighted by Crippen LogP contribution is -2.24. The second-order valence-electron chi connectivity index (χ2n) is 5.56. The monoisotopic (exact) mass is 358 g/mol. The molecule has 0 saturated carbocycles. The molecule has 0 saturated heterocycles. The van der Waals surface area contributed by atoms with Crippen molar-refractivity contribution in [2.45, 2.75) is 12.8 Å². The molecule has 1 aliphatic heterocycles. The lowest BCUT2D eigenvalue weighted by atomic mass is 10.1. The summed E-state index contributed by atoms with van der Waals surface area (Å²) in [6.45, 7) is 0. The molecule has 4 nitrogen and oxygen atoms in total. The first-order valence-corrected chi connectivity index (χ1v) is 8.11. The van der Waals surface area contributed by atoms with Crippen LogP contribution in [0.4, 0.5) is 4.39 Å². The SMILES string of the molecule is COc1ccc(/C=C2/N=C(CCc3ccc(F)cc3)NC2=O)cc1Cl. The normalized spacial score (nSPS) is 15.2. The topological polar surface area (TPSA) is 50.7 Å². The van der Waals surface area contributed by atoms with E-state index in [1.54, 1.807) is 43.5 Å². The van der Waals surface area contributed by atoms with E-state index in [2.05, 4.69) is 10.3 Å². The van der Waals surface area contributed by atoms with Gasteiger partial charge in [0.1, 0.15) is 23.1 Å². The molecule has 2 aromatic rings. The quantitative estimate of drug-likeness (QED) is 0.822. The average molecular weight is 359 g/mol. The van der Waals surface area contributed by atoms with Gasteiger partial charge in [0.15, 0.2) is 0 Å². The Balaban J connectivity index is 1.71. The number of amidine groups is 1. The van der Waals surface area contributed by atoms with Crippen molar-refractivity contribution in [3.63, 3.8) is 0 Å². The van der Waals surface area contributed by atoms with Crippen LogP contribution in [0.15, 0.2) is 53.2 Å². The molecule has 0 spiro atoms. The zero-order chi connectivity index (χ0) is 17.8. The third-order valence-corrected chi connectivity index (χ3v) is 4.08. The number of ether oxygens (including phenoxy) is 1. The van der Waals surface area contributed by atoms with Crippen LogP contribution in [0.2, 0.25) is 5.02 Å². The molecule has 1 aliphatic rings. The van der Waals surface area contributed by atoms with E-state index >= 15 is 0 Å². The summed E-state index contributed by atoms with van der Waals surface area (Å²) >= 11 is 6.09. The fourth-order valence-electron chi connectivity index (χ4n) is 2.48. The van der Waals surface area contributed by atoms with Gasteiger partial charge < -0.3 is 10.1 Å². The molecule has 0 aliphatic carbocycles. The van der Waals surface area contributed by atoms with Gasteiger partial charge in [-0.25, -0.2) is 9.38 Å². The zero-order valence-electron chi connectivity index (χ0n) is 13.6. The minimum atomic E-state index is -0.265. The first-order chi connectivity index (χ1) is 12.0. The number of nitrogens with zero attached hydrogens (tertiary/aromatic N) is 1. The number of carbonyl (C=O) groups excluding carboxylic acids is 1. The highest BCUT2D eigenvalue weighted by Gasteiger charge is 2.19. The van der Waals surface area contributed by atoms with Crippen LogP contribution >= 0.6 is 11.6 Å². The number of methoxy groups -OCH3 is 1. The van der Waals surface area contributed by atoms with Crippen molar-refractivity contribution in [2.24, 2.45) is 4.99 Å². The fourth-order valence-corrected chi connectivity index (χ4v) is 2.75. The van der Waals surface area contributed by atoms with Gasteiger partial charge in [0.05, 0.1) is 12.1 Å². The standard InChI is InChI=1S/C19H16ClFN2O2/c1-25-17-8-4-13(10-15(17)20)11-16-19(24)23-18(22-16)9-5-12-2-6-14(21)7-3-12/h2-4,6-8,10-11H,5,9H2,1H3,(H,22,23,24)/b16-11+. The van der Waals surface area contributed by atoms with E-state index in [4.69, 9.17) is 16.3 Å². The van der Waals surface area contributed by atoms with Crippen molar-refractivity contribution >= 4 is 29.4 Å². The summed E-state index contributed by atoms with van der Waals surface area (Å²) in [4.78, 5) is 16.4. The number of nitrogens with one attached hydrogen (secondary N) is 1. The Labute approximate surface area is 150 Å². The molecule has 0 aromatic heterocycles. The average Bonchev–Trinajstić information content (AvgIpc) is 2.94. The lowest BCUT2D eigenvalue weighted by Gasteiger charge is -2.03. The van der Waals surface area contributed by atoms with Crippen LogP contribution in [0.25, 0.3) is 6.08 Å². The molecule has 2 aromatic carbocycles. The predicted molar refractivity (Wildman–Crippen MR) is 96.3 cm³/mol. The first-order valence-electron chi connectivity index (χ1n) is 7.74. The molecule has 1 amide bonds. The molecular formula is C19H16ClFN2O2. The Kier molecular flexibility index (Phi) is 5.14. The molecule has 0 radical (unpaired) electrons. The van der Waals surface area contributed by atoms with Crippen LogP contribution in [0.3, 0.4) is 0 Å². The highest BCUT2D eigenvalue weighted by atomic mass is 35.5. The molecular weight excluding hydrogens is 343 g/mol. The smallest absolute Gasteiger partial charge is 0.275 e. The molecule has 0 atom stereocenters. The molecule has 1 N–H and O–H groups in total. The number of aryl methyl sites for hydroxylation is 1. The van der Waals surface area contributed by atoms with Gasteiger partial charge in [0.25, 0.3) is 5.91 Å². The van der Waals surface area contributed by atoms with Crippen molar-refractivity contribution in [3.05, 3.63) is 70.1 Å². The molecule has 1 heterocycles. The van der Waals surface area contributed by atoms with Crippen LogP contribution in [0.5, 0.6) is 5.75 Å². The Hall–Kier alpha value is -2.66. The number of halogens is 2. The van der Waals surface area contributed by atoms with Crippen LogP contribution in [0, 0.1) is 5.82 Å². The Bertz CT molecular complexity index is 860. The van der Waals surface area contributed by atoms with E-state index in [1.807, 2.05) is 0 Å². The number of rotatable bonds is 5. The zero-order valence-corrected chi connectivity index (χ0v) is 14.3. The Morgan fingerprint density at radius 1 is 1.20 bits per heavy atom. The summed E-state index contributed by atoms with van der Waals surface area (Å²) in [5.74, 6) is 0.656. The summed E-state index contributed by atoms with van der Waals surface area (Å²) in [6, 6.07) is 11.5. The van der Waals surface area contributed by atoms with E-state index < -0.39 is 0 Å². The first kappa shape index (κ1) is 17.2. The van der Waals surface area contributed by atoms with E-state index in [0.717, 1.165) is 11.1 Å². The number of hydrogen-bond donors (Lipinski definition) is 1. The number of carbonyl (C=O) groups is 1. The van der Waals surface area contributed by atoms with Gasteiger partial charge in [-0.05, 0) is 47.9 Å². The summed E-state index contributed by atoms with van der Waals surface area (Å²) in [5.41, 5.74) is 2.08. The van der Waals surface area contributed by atoms with Crippen LogP contribution in [-0.2, 0) is 11.2 Å². The van der Waals surface area contributed by atoms with Crippen molar-refractivity contribution < 1.29 is 13.9 Å². The van der Waals surface area contributed by atoms with Crippen LogP contribution in [0.1, 0.15) is 17.5 Å². The highest BCUT2D eigenvalue weighted by Crippen LogP contribution is 2.26. The van der Waals surface area contributed by atoms with E-state index in [0.29, 0.717) is 35.1 Å². The number of hydrogen-bond acceptors (Lipinski definition) is 3. The summed E-state index contributed by atoms with van der Waals surface area (Å²) in [6.07, 6.45) is 2.91. The Morgan fingerprint density at radius 2 is 1.96 bits per heavy atom. The van der Waals surface area contributed by atoms with Crippen molar-refractivity contribution in [1.82, 2.24) is 5.32 Å². The molecule has 0 bridgehead atoms. The van der Waals surface area contributed by atoms with Gasteiger partial charge in [-0.3, -0.25) is 4.79 Å². The summed E-state index contributed by atoms with van der Waals surface area (Å²) in [5, 5.41) is 3.22. The molecule has 25 heavy (non-hydrogen) atoms. The van der Waals surface area contributed by atoms with Crippen LogP contribution < -0.4 is 10.1 Å². The maximum Gasteiger partial charge on any atom is 0.275 e. The van der Waals surface area contributed by atoms with Gasteiger partial charge in [-0.15, -0.1) is 0 Å². The Morgan fingerprint density at radius 3 is 2.64 bits per heavy atom. The van der Waals surface area contributed by atoms with Crippen molar-refractivity contribution in [1.29, 1.82) is 0 Å². The summed E-state index contributed by atoms with van der Waals surface area (Å²) in [7, 11) is 1.54. The molecule has 0 unspecified atom stereocenters. The molecule has 128 valence electrons. The summed E-state index contributed by atoms with van der Waals surface area (Å²) < 4.78 is 18.0. The van der Waals surface area contributed by atoms with E-state index in [1.165, 1.54) is 12.1 Å². The van der Waals surface area contributed by atoms with Gasteiger partial charge in [0, 0.05) is 6.42 Å². The predicted octanol–water partition coefficient (Wildman–Crippen LogP) is 3.99. The van der Waals surface area contributed by atoms with Crippen molar-refractivity contribution in [3.8, 4) is 5.75 Å². The van der Waals surface area contributed by atoms with Crippen LogP contribution in [-0.4, -0.2) is 18.9 Å². The highest BCUT2D eigenvalue weighted by molar-refractivity contribution is 6.32. The molecule has 3 rings (SSSR count). The fraction of sp³-hybridized carbons (Fsp3) is 0.158. The maximum atomic E-state index is 12.9. The maximum absolute atomic E-state index is 12.9. The van der Waals surface area contributed by atoms with Gasteiger partial charge in [-0.2, -0.15) is 0 Å². The molecule has 0 fully saturated rings. The molecule has 6 heteroatoms. The second-order valence-corrected chi connectivity index (χ2v) is 5.97. The lowest BCUT2D eigenvalue weighted by molar-refractivity contribution is -0.115. The number of amides is 1. The minimum Gasteiger partial charge on any atom is -0.495 e. The van der Waals surface area contributed by atoms with Gasteiger partial charge in [-0.1, -0.05) is 29.8 Å². The van der Waals surface area contributed by atoms with E-state index in [9.17, 15) is 9.18 Å². The van der Waals surface area contributed by atoms with E-state index in [-0.39, 0.29) is 11.7 Å². The third kappa shape index (κ3) is 4.25. The van der Waals surface area contributed by atoms with Crippen molar-refractivity contribution in [2.75, 3.05) is 7.11 Å². The second kappa shape index (κ2) is 7.49. The number of benzene rings is 2. The van der Waals surface area contributed by atoms with Gasteiger partial charge >= 0.3 is 0 Å². The third-order valence-electron chi connectivity index (χ3n) is 3.79. The number of aliphatic imine (C=N–C) groups is 1.